The maximum absolute atomic E-state index is 12.9. The Morgan fingerprint density at radius 3 is 2.38 bits per heavy atom. The lowest BCUT2D eigenvalue weighted by Crippen LogP contribution is -2.27. The number of anilines is 1. The van der Waals surface area contributed by atoms with Crippen molar-refractivity contribution in [3.8, 4) is 11.5 Å². The molecular formula is C22H12ClN3O6S2. The predicted octanol–water partition coefficient (Wildman–Crippen LogP) is 6.35. The lowest BCUT2D eigenvalue weighted by Gasteiger charge is -2.14. The number of nitro benzene ring substituents is 2. The van der Waals surface area contributed by atoms with E-state index < -0.39 is 21.2 Å². The van der Waals surface area contributed by atoms with Crippen molar-refractivity contribution in [3.05, 3.63) is 102 Å². The molecule has 0 spiro atoms. The number of halogens is 1. The van der Waals surface area contributed by atoms with Crippen molar-refractivity contribution >= 4 is 68.9 Å². The van der Waals surface area contributed by atoms with Crippen LogP contribution < -0.4 is 9.64 Å². The molecule has 0 N–H and O–H groups in total. The quantitative estimate of drug-likeness (QED) is 0.162. The van der Waals surface area contributed by atoms with Crippen LogP contribution in [0.15, 0.2) is 71.6 Å². The van der Waals surface area contributed by atoms with Crippen molar-refractivity contribution in [1.82, 2.24) is 0 Å². The lowest BCUT2D eigenvalue weighted by molar-refractivity contribution is -0.394. The number of ether oxygens (including phenoxy) is 1. The Morgan fingerprint density at radius 2 is 1.74 bits per heavy atom. The van der Waals surface area contributed by atoms with Gasteiger partial charge in [-0.05, 0) is 48.0 Å². The van der Waals surface area contributed by atoms with Crippen LogP contribution in [-0.4, -0.2) is 20.1 Å². The summed E-state index contributed by atoms with van der Waals surface area (Å²) < 4.78 is 5.93. The number of rotatable bonds is 6. The molecule has 170 valence electrons. The summed E-state index contributed by atoms with van der Waals surface area (Å²) in [6.45, 7) is 0. The topological polar surface area (TPSA) is 116 Å². The maximum atomic E-state index is 12.9. The summed E-state index contributed by atoms with van der Waals surface area (Å²) in [6, 6.07) is 16.4. The monoisotopic (exact) mass is 513 g/mol. The van der Waals surface area contributed by atoms with Gasteiger partial charge in [0.1, 0.15) is 5.75 Å². The summed E-state index contributed by atoms with van der Waals surface area (Å²) in [7, 11) is 0. The van der Waals surface area contributed by atoms with Crippen LogP contribution in [0.25, 0.3) is 6.08 Å². The number of nitro groups is 2. The second-order valence-electron chi connectivity index (χ2n) is 6.83. The Kier molecular flexibility index (Phi) is 6.59. The zero-order valence-corrected chi connectivity index (χ0v) is 19.3. The number of amides is 1. The fourth-order valence-corrected chi connectivity index (χ4v) is 4.55. The molecule has 0 atom stereocenters. The average molecular weight is 514 g/mol. The summed E-state index contributed by atoms with van der Waals surface area (Å²) in [5.41, 5.74) is 0.316. The number of hydrogen-bond acceptors (Lipinski definition) is 8. The van der Waals surface area contributed by atoms with E-state index in [-0.39, 0.29) is 17.4 Å². The molecule has 1 amide bonds. The van der Waals surface area contributed by atoms with E-state index in [4.69, 9.17) is 28.6 Å². The van der Waals surface area contributed by atoms with Gasteiger partial charge < -0.3 is 4.74 Å². The predicted molar refractivity (Wildman–Crippen MR) is 133 cm³/mol. The molecular weight excluding hydrogens is 502 g/mol. The van der Waals surface area contributed by atoms with Crippen LogP contribution in [0.2, 0.25) is 5.02 Å². The average Bonchev–Trinajstić information content (AvgIpc) is 3.07. The molecule has 1 aliphatic rings. The third-order valence-electron chi connectivity index (χ3n) is 4.62. The highest BCUT2D eigenvalue weighted by molar-refractivity contribution is 8.27. The molecule has 0 bridgehead atoms. The second kappa shape index (κ2) is 9.59. The Morgan fingerprint density at radius 1 is 1.00 bits per heavy atom. The van der Waals surface area contributed by atoms with Gasteiger partial charge in [0.05, 0.1) is 26.5 Å². The molecule has 34 heavy (non-hydrogen) atoms. The van der Waals surface area contributed by atoms with Crippen LogP contribution in [-0.2, 0) is 4.79 Å². The van der Waals surface area contributed by atoms with Gasteiger partial charge in [0.2, 0.25) is 5.75 Å². The third-order valence-corrected chi connectivity index (χ3v) is 6.15. The van der Waals surface area contributed by atoms with Gasteiger partial charge in [0.15, 0.2) is 4.32 Å². The fourth-order valence-electron chi connectivity index (χ4n) is 3.06. The van der Waals surface area contributed by atoms with Gasteiger partial charge >= 0.3 is 5.69 Å². The molecule has 12 heteroatoms. The Labute approximate surface area is 206 Å². The maximum Gasteiger partial charge on any atom is 0.318 e. The molecule has 3 aromatic carbocycles. The molecule has 0 aromatic heterocycles. The molecule has 1 heterocycles. The molecule has 1 fully saturated rings. The first kappa shape index (κ1) is 23.4. The summed E-state index contributed by atoms with van der Waals surface area (Å²) in [6.07, 6.45) is 1.67. The van der Waals surface area contributed by atoms with Gasteiger partial charge in [-0.3, -0.25) is 29.9 Å². The first-order valence-corrected chi connectivity index (χ1v) is 11.1. The van der Waals surface area contributed by atoms with Crippen LogP contribution in [0.3, 0.4) is 0 Å². The number of nitrogens with zero attached hydrogens (tertiary/aromatic N) is 3. The van der Waals surface area contributed by atoms with E-state index in [2.05, 4.69) is 0 Å². The van der Waals surface area contributed by atoms with Crippen molar-refractivity contribution in [2.75, 3.05) is 4.90 Å². The second-order valence-corrected chi connectivity index (χ2v) is 8.95. The van der Waals surface area contributed by atoms with E-state index in [1.807, 2.05) is 0 Å². The number of non-ortho nitro benzene ring substituents is 1. The standard InChI is InChI=1S/C22H12ClN3O6S2/c23-14-2-1-3-15(11-14)24-21(27)20(34-22(24)33)10-13-4-7-17(8-5-13)32-19-9-6-16(25(28)29)12-18(19)26(30)31/h1-12H/b20-10+. The van der Waals surface area contributed by atoms with Gasteiger partial charge in [-0.15, -0.1) is 0 Å². The molecule has 1 saturated heterocycles. The summed E-state index contributed by atoms with van der Waals surface area (Å²) in [5, 5.41) is 22.6. The Balaban J connectivity index is 1.54. The minimum Gasteiger partial charge on any atom is -0.450 e. The van der Waals surface area contributed by atoms with E-state index in [0.717, 1.165) is 23.9 Å². The van der Waals surface area contributed by atoms with E-state index in [0.29, 0.717) is 25.5 Å². The number of thioether (sulfide) groups is 1. The van der Waals surface area contributed by atoms with Crippen LogP contribution in [0.1, 0.15) is 5.56 Å². The smallest absolute Gasteiger partial charge is 0.318 e. The molecule has 0 saturated carbocycles. The van der Waals surface area contributed by atoms with Gasteiger partial charge in [0, 0.05) is 11.1 Å². The molecule has 0 radical (unpaired) electrons. The normalized spacial score (nSPS) is 14.5. The van der Waals surface area contributed by atoms with Crippen molar-refractivity contribution in [3.63, 3.8) is 0 Å². The molecule has 0 unspecified atom stereocenters. The lowest BCUT2D eigenvalue weighted by atomic mass is 10.2. The van der Waals surface area contributed by atoms with Crippen molar-refractivity contribution < 1.29 is 19.4 Å². The van der Waals surface area contributed by atoms with Gasteiger partial charge in [-0.2, -0.15) is 0 Å². The molecule has 0 aliphatic carbocycles. The highest BCUT2D eigenvalue weighted by Crippen LogP contribution is 2.37. The van der Waals surface area contributed by atoms with Crippen LogP contribution >= 0.6 is 35.6 Å². The highest BCUT2D eigenvalue weighted by atomic mass is 35.5. The third kappa shape index (κ3) is 4.91. The molecule has 1 aliphatic heterocycles. The molecule has 3 aromatic rings. The fraction of sp³-hybridized carbons (Fsp3) is 0. The van der Waals surface area contributed by atoms with Gasteiger partial charge in [0.25, 0.3) is 11.6 Å². The van der Waals surface area contributed by atoms with Crippen molar-refractivity contribution in [1.29, 1.82) is 0 Å². The highest BCUT2D eigenvalue weighted by Gasteiger charge is 2.33. The summed E-state index contributed by atoms with van der Waals surface area (Å²) >= 11 is 12.5. The number of benzene rings is 3. The minimum atomic E-state index is -0.751. The first-order valence-electron chi connectivity index (χ1n) is 9.47. The largest absolute Gasteiger partial charge is 0.450 e. The van der Waals surface area contributed by atoms with Gasteiger partial charge in [-0.1, -0.05) is 53.8 Å². The van der Waals surface area contributed by atoms with Crippen LogP contribution in [0.4, 0.5) is 17.1 Å². The SMILES string of the molecule is O=C1/C(=C\c2ccc(Oc3ccc([N+](=O)[O-])cc3[N+](=O)[O-])cc2)SC(=S)N1c1cccc(Cl)c1. The van der Waals surface area contributed by atoms with Crippen molar-refractivity contribution in [2.24, 2.45) is 0 Å². The van der Waals surface area contributed by atoms with E-state index >= 15 is 0 Å². The van der Waals surface area contributed by atoms with Crippen LogP contribution in [0.5, 0.6) is 11.5 Å². The number of carbonyl (C=O) groups excluding carboxylic acids is 1. The summed E-state index contributed by atoms with van der Waals surface area (Å²) in [4.78, 5) is 35.4. The van der Waals surface area contributed by atoms with E-state index in [1.54, 1.807) is 54.6 Å². The minimum absolute atomic E-state index is 0.134. The zero-order valence-electron chi connectivity index (χ0n) is 16.9. The van der Waals surface area contributed by atoms with Crippen LogP contribution in [0, 0.1) is 20.2 Å². The van der Waals surface area contributed by atoms with E-state index in [9.17, 15) is 25.0 Å². The molecule has 9 nitrogen and oxygen atoms in total. The van der Waals surface area contributed by atoms with Gasteiger partial charge in [-0.25, -0.2) is 0 Å². The van der Waals surface area contributed by atoms with E-state index in [1.165, 1.54) is 11.0 Å². The number of hydrogen-bond donors (Lipinski definition) is 0. The zero-order chi connectivity index (χ0) is 24.4. The number of thiocarbonyl (C=S) groups is 1. The summed E-state index contributed by atoms with van der Waals surface area (Å²) in [5.74, 6) is -0.134. The first-order chi connectivity index (χ1) is 16.2. The number of carbonyl (C=O) groups is 1. The Hall–Kier alpha value is -3.80. The van der Waals surface area contributed by atoms with Crippen molar-refractivity contribution in [2.45, 2.75) is 0 Å². The molecule has 4 rings (SSSR count). The Bertz CT molecular complexity index is 1380.